The predicted molar refractivity (Wildman–Crippen MR) is 122 cm³/mol. The maximum atomic E-state index is 13.4. The average Bonchev–Trinajstić information content (AvgIpc) is 3.14. The van der Waals surface area contributed by atoms with Crippen LogP contribution in [0.25, 0.3) is 0 Å². The largest absolute Gasteiger partial charge is 0.325 e. The summed E-state index contributed by atoms with van der Waals surface area (Å²) in [6.07, 6.45) is 1.75. The Morgan fingerprint density at radius 1 is 1.07 bits per heavy atom. The third kappa shape index (κ3) is 4.07. The van der Waals surface area contributed by atoms with E-state index in [0.29, 0.717) is 5.16 Å². The highest BCUT2D eigenvalue weighted by molar-refractivity contribution is 8.00. The minimum Gasteiger partial charge on any atom is -0.325 e. The van der Waals surface area contributed by atoms with Crippen LogP contribution in [0.2, 0.25) is 0 Å². The van der Waals surface area contributed by atoms with E-state index >= 15 is 0 Å². The maximum absolute atomic E-state index is 13.4. The number of benzene rings is 2. The SMILES string of the molecule is CCc1ccc([C@@H]2Nn3c(CC)nnc3S[C@H]2C(=O)Nc2cc(C)cc(C)c2)cc1. The van der Waals surface area contributed by atoms with Gasteiger partial charge in [-0.25, -0.2) is 4.68 Å². The molecule has 0 saturated heterocycles. The van der Waals surface area contributed by atoms with E-state index in [1.54, 1.807) is 0 Å². The number of nitrogens with zero attached hydrogens (tertiary/aromatic N) is 3. The standard InChI is InChI=1S/C23H27N5OS/c1-5-16-7-9-17(10-8-16)20-21(30-23-26-25-19(6-2)28(23)27-20)22(29)24-18-12-14(3)11-15(4)13-18/h7-13,20-21,27H,5-6H2,1-4H3,(H,24,29)/t20-,21+/m0/s1. The molecular formula is C23H27N5OS. The molecule has 2 heterocycles. The van der Waals surface area contributed by atoms with E-state index in [9.17, 15) is 4.79 Å². The fourth-order valence-corrected chi connectivity index (χ4v) is 4.90. The summed E-state index contributed by atoms with van der Waals surface area (Å²) in [6, 6.07) is 14.4. The van der Waals surface area contributed by atoms with Gasteiger partial charge in [-0.2, -0.15) is 0 Å². The molecule has 1 aromatic heterocycles. The van der Waals surface area contributed by atoms with E-state index < -0.39 is 0 Å². The van der Waals surface area contributed by atoms with Gasteiger partial charge in [-0.1, -0.05) is 55.9 Å². The van der Waals surface area contributed by atoms with Gasteiger partial charge in [-0.15, -0.1) is 10.2 Å². The monoisotopic (exact) mass is 421 g/mol. The van der Waals surface area contributed by atoms with E-state index in [2.05, 4.69) is 58.2 Å². The van der Waals surface area contributed by atoms with E-state index in [1.807, 2.05) is 37.6 Å². The average molecular weight is 422 g/mol. The van der Waals surface area contributed by atoms with E-state index in [-0.39, 0.29) is 17.2 Å². The number of anilines is 1. The summed E-state index contributed by atoms with van der Waals surface area (Å²) in [4.78, 5) is 13.4. The molecule has 3 aromatic rings. The first-order valence-corrected chi connectivity index (χ1v) is 11.2. The van der Waals surface area contributed by atoms with E-state index in [4.69, 9.17) is 0 Å². The van der Waals surface area contributed by atoms with Crippen molar-refractivity contribution in [3.63, 3.8) is 0 Å². The van der Waals surface area contributed by atoms with Crippen LogP contribution in [-0.4, -0.2) is 26.0 Å². The zero-order valence-corrected chi connectivity index (χ0v) is 18.6. The molecule has 2 aromatic carbocycles. The van der Waals surface area contributed by atoms with Crippen LogP contribution in [0.5, 0.6) is 0 Å². The molecule has 156 valence electrons. The molecule has 2 N–H and O–H groups in total. The van der Waals surface area contributed by atoms with Crippen LogP contribution in [0.15, 0.2) is 47.6 Å². The van der Waals surface area contributed by atoms with Crippen LogP contribution in [0, 0.1) is 13.8 Å². The summed E-state index contributed by atoms with van der Waals surface area (Å²) in [5.74, 6) is 0.815. The Kier molecular flexibility index (Phi) is 5.81. The number of carbonyl (C=O) groups is 1. The third-order valence-electron chi connectivity index (χ3n) is 5.31. The van der Waals surface area contributed by atoms with E-state index in [0.717, 1.165) is 41.0 Å². The minimum atomic E-state index is -0.375. The third-order valence-corrected chi connectivity index (χ3v) is 6.53. The fourth-order valence-electron chi connectivity index (χ4n) is 3.80. The molecule has 1 aliphatic rings. The first-order chi connectivity index (χ1) is 14.5. The number of rotatable bonds is 5. The van der Waals surface area contributed by atoms with Crippen molar-refractivity contribution in [1.82, 2.24) is 14.9 Å². The molecule has 0 saturated carbocycles. The quantitative estimate of drug-likeness (QED) is 0.638. The van der Waals surface area contributed by atoms with Gasteiger partial charge in [0.2, 0.25) is 11.1 Å². The molecule has 0 radical (unpaired) electrons. The lowest BCUT2D eigenvalue weighted by Gasteiger charge is -2.33. The molecular weight excluding hydrogens is 394 g/mol. The molecule has 0 fully saturated rings. The lowest BCUT2D eigenvalue weighted by Crippen LogP contribution is -2.41. The number of carbonyl (C=O) groups excluding carboxylic acids is 1. The number of aryl methyl sites for hydroxylation is 4. The normalized spacial score (nSPS) is 17.9. The van der Waals surface area contributed by atoms with Crippen molar-refractivity contribution in [2.75, 3.05) is 10.7 Å². The number of hydrogen-bond acceptors (Lipinski definition) is 5. The Morgan fingerprint density at radius 3 is 2.40 bits per heavy atom. The molecule has 4 rings (SSSR count). The second kappa shape index (κ2) is 8.52. The number of hydrogen-bond donors (Lipinski definition) is 2. The van der Waals surface area contributed by atoms with Crippen molar-refractivity contribution in [3.8, 4) is 0 Å². The van der Waals surface area contributed by atoms with Gasteiger partial charge in [-0.05, 0) is 54.7 Å². The first kappa shape index (κ1) is 20.5. The van der Waals surface area contributed by atoms with Crippen LogP contribution in [0.4, 0.5) is 5.69 Å². The van der Waals surface area contributed by atoms with Crippen LogP contribution < -0.4 is 10.7 Å². The van der Waals surface area contributed by atoms with Gasteiger partial charge in [0, 0.05) is 12.1 Å². The zero-order valence-electron chi connectivity index (χ0n) is 17.8. The van der Waals surface area contributed by atoms with Gasteiger partial charge < -0.3 is 10.7 Å². The molecule has 30 heavy (non-hydrogen) atoms. The number of thioether (sulfide) groups is 1. The van der Waals surface area contributed by atoms with Gasteiger partial charge in [0.05, 0.1) is 6.04 Å². The lowest BCUT2D eigenvalue weighted by atomic mass is 10.0. The summed E-state index contributed by atoms with van der Waals surface area (Å²) in [6.45, 7) is 8.26. The summed E-state index contributed by atoms with van der Waals surface area (Å²) in [5.41, 5.74) is 8.91. The van der Waals surface area contributed by atoms with Crippen LogP contribution in [0.1, 0.15) is 48.0 Å². The van der Waals surface area contributed by atoms with Crippen LogP contribution in [-0.2, 0) is 17.6 Å². The lowest BCUT2D eigenvalue weighted by molar-refractivity contribution is -0.116. The number of fused-ring (bicyclic) bond motifs is 1. The molecule has 6 nitrogen and oxygen atoms in total. The van der Waals surface area contributed by atoms with Crippen molar-refractivity contribution in [3.05, 3.63) is 70.5 Å². The predicted octanol–water partition coefficient (Wildman–Crippen LogP) is 4.42. The summed E-state index contributed by atoms with van der Waals surface area (Å²) >= 11 is 1.46. The summed E-state index contributed by atoms with van der Waals surface area (Å²) in [7, 11) is 0. The smallest absolute Gasteiger partial charge is 0.240 e. The van der Waals surface area contributed by atoms with Crippen molar-refractivity contribution in [2.45, 2.75) is 57.0 Å². The van der Waals surface area contributed by atoms with E-state index in [1.165, 1.54) is 17.3 Å². The summed E-state index contributed by atoms with van der Waals surface area (Å²) in [5, 5.41) is 12.0. The molecule has 1 amide bonds. The highest BCUT2D eigenvalue weighted by Crippen LogP contribution is 2.37. The highest BCUT2D eigenvalue weighted by Gasteiger charge is 2.37. The highest BCUT2D eigenvalue weighted by atomic mass is 32.2. The molecule has 0 unspecified atom stereocenters. The number of amides is 1. The Hall–Kier alpha value is -2.80. The molecule has 7 heteroatoms. The molecule has 1 aliphatic heterocycles. The molecule has 0 spiro atoms. The van der Waals surface area contributed by atoms with Gasteiger partial charge in [0.25, 0.3) is 0 Å². The Bertz CT molecular complexity index is 1040. The Balaban J connectivity index is 1.67. The second-order valence-corrected chi connectivity index (χ2v) is 8.80. The maximum Gasteiger partial charge on any atom is 0.240 e. The van der Waals surface area contributed by atoms with Crippen molar-refractivity contribution >= 4 is 23.4 Å². The van der Waals surface area contributed by atoms with Crippen molar-refractivity contribution in [2.24, 2.45) is 0 Å². The summed E-state index contributed by atoms with van der Waals surface area (Å²) < 4.78 is 1.92. The fraction of sp³-hybridized carbons (Fsp3) is 0.348. The first-order valence-electron chi connectivity index (χ1n) is 10.3. The van der Waals surface area contributed by atoms with Gasteiger partial charge in [-0.3, -0.25) is 4.79 Å². The van der Waals surface area contributed by atoms with Crippen molar-refractivity contribution < 1.29 is 4.79 Å². The van der Waals surface area contributed by atoms with Gasteiger partial charge >= 0.3 is 0 Å². The zero-order chi connectivity index (χ0) is 21.3. The number of aromatic nitrogens is 3. The Labute approximate surface area is 181 Å². The van der Waals surface area contributed by atoms with Gasteiger partial charge in [0.15, 0.2) is 5.82 Å². The van der Waals surface area contributed by atoms with Crippen LogP contribution >= 0.6 is 11.8 Å². The second-order valence-electron chi connectivity index (χ2n) is 7.69. The minimum absolute atomic E-state index is 0.0469. The van der Waals surface area contributed by atoms with Gasteiger partial charge in [0.1, 0.15) is 5.25 Å². The topological polar surface area (TPSA) is 71.8 Å². The van der Waals surface area contributed by atoms with Crippen molar-refractivity contribution in [1.29, 1.82) is 0 Å². The molecule has 0 aliphatic carbocycles. The van der Waals surface area contributed by atoms with Crippen LogP contribution in [0.3, 0.4) is 0 Å². The molecule has 0 bridgehead atoms. The Morgan fingerprint density at radius 2 is 1.77 bits per heavy atom. The molecule has 2 atom stereocenters. The number of nitrogens with one attached hydrogen (secondary N) is 2.